The highest BCUT2D eigenvalue weighted by molar-refractivity contribution is 6.35. The van der Waals surface area contributed by atoms with Gasteiger partial charge in [-0.2, -0.15) is 0 Å². The van der Waals surface area contributed by atoms with E-state index in [1.54, 1.807) is 31.4 Å². The number of hydrogen-bond acceptors (Lipinski definition) is 3. The Morgan fingerprint density at radius 1 is 0.893 bits per heavy atom. The Kier molecular flexibility index (Phi) is 6.95. The van der Waals surface area contributed by atoms with Crippen molar-refractivity contribution in [1.29, 1.82) is 0 Å². The molecule has 3 aromatic rings. The highest BCUT2D eigenvalue weighted by Gasteiger charge is 2.12. The normalized spacial score (nSPS) is 10.6. The molecule has 0 aromatic heterocycles. The van der Waals surface area contributed by atoms with E-state index in [9.17, 15) is 0 Å². The van der Waals surface area contributed by atoms with Crippen LogP contribution in [0.25, 0.3) is 0 Å². The van der Waals surface area contributed by atoms with Gasteiger partial charge < -0.3 is 14.8 Å². The molecule has 6 heteroatoms. The molecule has 0 spiro atoms. The second-order valence-corrected chi connectivity index (χ2v) is 7.60. The third kappa shape index (κ3) is 5.26. The predicted molar refractivity (Wildman–Crippen MR) is 117 cm³/mol. The van der Waals surface area contributed by atoms with Crippen LogP contribution in [0.15, 0.2) is 54.6 Å². The van der Waals surface area contributed by atoms with E-state index in [4.69, 9.17) is 44.3 Å². The molecule has 0 saturated carbocycles. The third-order valence-corrected chi connectivity index (χ3v) is 5.12. The second-order valence-electron chi connectivity index (χ2n) is 6.35. The van der Waals surface area contributed by atoms with Gasteiger partial charge in [-0.15, -0.1) is 0 Å². The summed E-state index contributed by atoms with van der Waals surface area (Å²) in [6.45, 7) is 2.95. The average molecular weight is 437 g/mol. The summed E-state index contributed by atoms with van der Waals surface area (Å²) in [5.41, 5.74) is 3.87. The van der Waals surface area contributed by atoms with E-state index in [0.29, 0.717) is 39.7 Å². The lowest BCUT2D eigenvalue weighted by molar-refractivity contribution is 0.284. The lowest BCUT2D eigenvalue weighted by Crippen LogP contribution is -2.03. The molecule has 0 bridgehead atoms. The van der Waals surface area contributed by atoms with Gasteiger partial charge in [0, 0.05) is 22.7 Å². The third-order valence-electron chi connectivity index (χ3n) is 4.21. The van der Waals surface area contributed by atoms with Gasteiger partial charge in [-0.1, -0.05) is 64.6 Å². The van der Waals surface area contributed by atoms with Crippen molar-refractivity contribution in [1.82, 2.24) is 0 Å². The molecule has 0 saturated heterocycles. The zero-order valence-corrected chi connectivity index (χ0v) is 17.8. The van der Waals surface area contributed by atoms with Gasteiger partial charge in [-0.25, -0.2) is 0 Å². The summed E-state index contributed by atoms with van der Waals surface area (Å²) in [5.74, 6) is 1.21. The molecule has 0 aliphatic heterocycles. The van der Waals surface area contributed by atoms with Gasteiger partial charge >= 0.3 is 0 Å². The minimum atomic E-state index is 0.435. The Hall–Kier alpha value is -2.07. The zero-order valence-electron chi connectivity index (χ0n) is 15.6. The van der Waals surface area contributed by atoms with Crippen LogP contribution in [0.1, 0.15) is 16.7 Å². The molecule has 0 fully saturated rings. The number of methoxy groups -OCH3 is 1. The fourth-order valence-electron chi connectivity index (χ4n) is 2.77. The topological polar surface area (TPSA) is 30.5 Å². The number of anilines is 1. The standard InChI is InChI=1S/C22H20Cl3NO2/c1-14-4-3-5-15(8-14)13-28-22-11-19(25)16(9-21(22)27-2)12-26-20-10-17(23)6-7-18(20)24/h3-11,26H,12-13H2,1-2H3. The van der Waals surface area contributed by atoms with Crippen molar-refractivity contribution in [2.24, 2.45) is 0 Å². The maximum Gasteiger partial charge on any atom is 0.163 e. The van der Waals surface area contributed by atoms with Crippen molar-refractivity contribution < 1.29 is 9.47 Å². The fraction of sp³-hybridized carbons (Fsp3) is 0.182. The van der Waals surface area contributed by atoms with Gasteiger partial charge in [-0.05, 0) is 42.3 Å². The van der Waals surface area contributed by atoms with Gasteiger partial charge in [0.1, 0.15) is 6.61 Å². The summed E-state index contributed by atoms with van der Waals surface area (Å²) in [7, 11) is 1.60. The lowest BCUT2D eigenvalue weighted by atomic mass is 10.1. The van der Waals surface area contributed by atoms with Crippen LogP contribution in [0.5, 0.6) is 11.5 Å². The molecule has 0 atom stereocenters. The van der Waals surface area contributed by atoms with Crippen LogP contribution in [-0.4, -0.2) is 7.11 Å². The summed E-state index contributed by atoms with van der Waals surface area (Å²) >= 11 is 18.7. The first kappa shape index (κ1) is 20.7. The Balaban J connectivity index is 1.74. The van der Waals surface area contributed by atoms with Crippen molar-refractivity contribution in [3.8, 4) is 11.5 Å². The fourth-order valence-corrected chi connectivity index (χ4v) is 3.35. The first-order chi connectivity index (χ1) is 13.5. The van der Waals surface area contributed by atoms with Gasteiger partial charge in [0.2, 0.25) is 0 Å². The van der Waals surface area contributed by atoms with Crippen LogP contribution in [0, 0.1) is 6.92 Å². The van der Waals surface area contributed by atoms with Crippen molar-refractivity contribution in [2.45, 2.75) is 20.1 Å². The first-order valence-electron chi connectivity index (χ1n) is 8.70. The van der Waals surface area contributed by atoms with Crippen LogP contribution in [0.4, 0.5) is 5.69 Å². The highest BCUT2D eigenvalue weighted by atomic mass is 35.5. The number of nitrogens with one attached hydrogen (secondary N) is 1. The SMILES string of the molecule is COc1cc(CNc2cc(Cl)ccc2Cl)c(Cl)cc1OCc1cccc(C)c1. The molecule has 1 N–H and O–H groups in total. The molecular formula is C22H20Cl3NO2. The molecule has 0 unspecified atom stereocenters. The predicted octanol–water partition coefficient (Wildman–Crippen LogP) is 7.15. The Labute approximate surface area is 180 Å². The van der Waals surface area contributed by atoms with E-state index in [1.165, 1.54) is 5.56 Å². The Morgan fingerprint density at radius 2 is 1.71 bits per heavy atom. The zero-order chi connectivity index (χ0) is 20.1. The number of ether oxygens (including phenoxy) is 2. The minimum absolute atomic E-state index is 0.435. The van der Waals surface area contributed by atoms with Gasteiger partial charge in [0.25, 0.3) is 0 Å². The number of benzene rings is 3. The van der Waals surface area contributed by atoms with E-state index in [2.05, 4.69) is 24.4 Å². The van der Waals surface area contributed by atoms with Crippen LogP contribution in [-0.2, 0) is 13.2 Å². The van der Waals surface area contributed by atoms with E-state index < -0.39 is 0 Å². The molecule has 3 nitrogen and oxygen atoms in total. The Bertz CT molecular complexity index is 976. The van der Waals surface area contributed by atoms with E-state index in [-0.39, 0.29) is 0 Å². The van der Waals surface area contributed by atoms with E-state index >= 15 is 0 Å². The molecule has 146 valence electrons. The summed E-state index contributed by atoms with van der Waals surface area (Å²) in [6, 6.07) is 17.1. The van der Waals surface area contributed by atoms with Crippen LogP contribution >= 0.6 is 34.8 Å². The van der Waals surface area contributed by atoms with Gasteiger partial charge in [-0.3, -0.25) is 0 Å². The molecular weight excluding hydrogens is 417 g/mol. The minimum Gasteiger partial charge on any atom is -0.493 e. The summed E-state index contributed by atoms with van der Waals surface area (Å²) in [6.07, 6.45) is 0. The van der Waals surface area contributed by atoms with E-state index in [1.807, 2.05) is 18.2 Å². The smallest absolute Gasteiger partial charge is 0.163 e. The van der Waals surface area contributed by atoms with Crippen LogP contribution in [0.3, 0.4) is 0 Å². The summed E-state index contributed by atoms with van der Waals surface area (Å²) in [4.78, 5) is 0. The highest BCUT2D eigenvalue weighted by Crippen LogP contribution is 2.35. The number of hydrogen-bond donors (Lipinski definition) is 1. The average Bonchev–Trinajstić information content (AvgIpc) is 2.68. The molecule has 28 heavy (non-hydrogen) atoms. The number of halogens is 3. The quantitative estimate of drug-likeness (QED) is 0.426. The molecule has 0 aliphatic carbocycles. The van der Waals surface area contributed by atoms with Gasteiger partial charge in [0.15, 0.2) is 11.5 Å². The maximum atomic E-state index is 6.47. The largest absolute Gasteiger partial charge is 0.493 e. The molecule has 0 radical (unpaired) electrons. The van der Waals surface area contributed by atoms with Gasteiger partial charge in [0.05, 0.1) is 17.8 Å². The molecule has 3 rings (SSSR count). The summed E-state index contributed by atoms with van der Waals surface area (Å²) < 4.78 is 11.4. The lowest BCUT2D eigenvalue weighted by Gasteiger charge is -2.15. The molecule has 0 amide bonds. The molecule has 0 aliphatic rings. The number of rotatable bonds is 7. The summed E-state index contributed by atoms with van der Waals surface area (Å²) in [5, 5.41) is 5.02. The Morgan fingerprint density at radius 3 is 2.46 bits per heavy atom. The second kappa shape index (κ2) is 9.42. The monoisotopic (exact) mass is 435 g/mol. The first-order valence-corrected chi connectivity index (χ1v) is 9.83. The van der Waals surface area contributed by atoms with Crippen molar-refractivity contribution in [3.05, 3.63) is 86.4 Å². The molecule has 0 heterocycles. The number of aryl methyl sites for hydroxylation is 1. The van der Waals surface area contributed by atoms with Crippen molar-refractivity contribution >= 4 is 40.5 Å². The van der Waals surface area contributed by atoms with Crippen molar-refractivity contribution in [2.75, 3.05) is 12.4 Å². The molecule has 3 aromatic carbocycles. The van der Waals surface area contributed by atoms with Crippen LogP contribution < -0.4 is 14.8 Å². The van der Waals surface area contributed by atoms with Crippen molar-refractivity contribution in [3.63, 3.8) is 0 Å². The van der Waals surface area contributed by atoms with Crippen LogP contribution in [0.2, 0.25) is 15.1 Å². The van der Waals surface area contributed by atoms with E-state index in [0.717, 1.165) is 16.8 Å². The maximum absolute atomic E-state index is 6.47.